The van der Waals surface area contributed by atoms with E-state index in [4.69, 9.17) is 16.3 Å². The zero-order chi connectivity index (χ0) is 20.2. The number of anilines is 1. The molecule has 2 aromatic carbocycles. The number of carbonyl (C=O) groups excluding carboxylic acids is 1. The summed E-state index contributed by atoms with van der Waals surface area (Å²) in [5, 5.41) is 8.05. The second-order valence-electron chi connectivity index (χ2n) is 7.06. The van der Waals surface area contributed by atoms with E-state index in [1.54, 1.807) is 17.0 Å². The number of para-hydroxylation sites is 1. The highest BCUT2D eigenvalue weighted by Gasteiger charge is 2.27. The minimum atomic E-state index is -0.163. The van der Waals surface area contributed by atoms with E-state index in [0.717, 1.165) is 28.9 Å². The van der Waals surface area contributed by atoms with Crippen molar-refractivity contribution < 1.29 is 9.53 Å². The summed E-state index contributed by atoms with van der Waals surface area (Å²) in [6.45, 7) is 2.08. The number of benzene rings is 2. The fourth-order valence-corrected chi connectivity index (χ4v) is 3.74. The molecule has 0 bridgehead atoms. The minimum absolute atomic E-state index is 0.163. The van der Waals surface area contributed by atoms with Crippen LogP contribution in [0.1, 0.15) is 22.5 Å². The summed E-state index contributed by atoms with van der Waals surface area (Å²) in [6.07, 6.45) is 0.757. The van der Waals surface area contributed by atoms with E-state index in [9.17, 15) is 4.79 Å². The van der Waals surface area contributed by atoms with Gasteiger partial charge in [0.2, 0.25) is 0 Å². The van der Waals surface area contributed by atoms with E-state index < -0.39 is 0 Å². The summed E-state index contributed by atoms with van der Waals surface area (Å²) in [5.41, 5.74) is 4.85. The maximum Gasteiger partial charge on any atom is 0.322 e. The van der Waals surface area contributed by atoms with Crippen LogP contribution in [0.2, 0.25) is 5.02 Å². The molecule has 2 amide bonds. The predicted molar refractivity (Wildman–Crippen MR) is 113 cm³/mol. The van der Waals surface area contributed by atoms with Gasteiger partial charge in [-0.2, -0.15) is 5.10 Å². The van der Waals surface area contributed by atoms with E-state index >= 15 is 0 Å². The van der Waals surface area contributed by atoms with Crippen molar-refractivity contribution in [3.63, 3.8) is 0 Å². The normalized spacial score (nSPS) is 13.2. The molecule has 1 aliphatic heterocycles. The molecule has 0 saturated carbocycles. The molecule has 0 atom stereocenters. The third-order valence-electron chi connectivity index (χ3n) is 5.08. The molecular formula is C22H23ClN4O2. The van der Waals surface area contributed by atoms with Gasteiger partial charge in [0.25, 0.3) is 0 Å². The average molecular weight is 411 g/mol. The Morgan fingerprint density at radius 2 is 1.90 bits per heavy atom. The number of fused-ring (bicyclic) bond motifs is 1. The van der Waals surface area contributed by atoms with E-state index in [1.165, 1.54) is 0 Å². The first kappa shape index (κ1) is 19.5. The van der Waals surface area contributed by atoms with Crippen molar-refractivity contribution in [2.75, 3.05) is 11.9 Å². The maximum atomic E-state index is 12.7. The van der Waals surface area contributed by atoms with Crippen LogP contribution >= 0.6 is 11.6 Å². The Labute approximate surface area is 175 Å². The van der Waals surface area contributed by atoms with Crippen LogP contribution in [0, 0.1) is 0 Å². The van der Waals surface area contributed by atoms with Crippen molar-refractivity contribution in [2.24, 2.45) is 7.05 Å². The van der Waals surface area contributed by atoms with Gasteiger partial charge in [0.05, 0.1) is 36.2 Å². The summed E-state index contributed by atoms with van der Waals surface area (Å²) in [5.74, 6) is 0. The van der Waals surface area contributed by atoms with Gasteiger partial charge in [-0.25, -0.2) is 4.79 Å². The third-order valence-corrected chi connectivity index (χ3v) is 5.41. The number of nitrogens with zero attached hydrogens (tertiary/aromatic N) is 3. The average Bonchev–Trinajstić information content (AvgIpc) is 3.05. The van der Waals surface area contributed by atoms with Crippen LogP contribution in [0.4, 0.5) is 10.5 Å². The highest BCUT2D eigenvalue weighted by molar-refractivity contribution is 6.33. The number of hydrogen-bond donors (Lipinski definition) is 1. The van der Waals surface area contributed by atoms with Gasteiger partial charge in [-0.15, -0.1) is 0 Å². The summed E-state index contributed by atoms with van der Waals surface area (Å²) < 4.78 is 7.78. The molecule has 1 N–H and O–H groups in total. The number of hydrogen-bond acceptors (Lipinski definition) is 3. The van der Waals surface area contributed by atoms with Gasteiger partial charge in [0, 0.05) is 31.3 Å². The molecule has 0 radical (unpaired) electrons. The molecule has 150 valence electrons. The predicted octanol–water partition coefficient (Wildman–Crippen LogP) is 4.38. The first-order chi connectivity index (χ1) is 14.1. The maximum absolute atomic E-state index is 12.7. The quantitative estimate of drug-likeness (QED) is 0.679. The summed E-state index contributed by atoms with van der Waals surface area (Å²) in [7, 11) is 1.94. The van der Waals surface area contributed by atoms with Gasteiger partial charge in [-0.3, -0.25) is 4.68 Å². The molecular weight excluding hydrogens is 388 g/mol. The lowest BCUT2D eigenvalue weighted by molar-refractivity contribution is 0.103. The van der Waals surface area contributed by atoms with Crippen LogP contribution in [0.3, 0.4) is 0 Å². The van der Waals surface area contributed by atoms with Crippen LogP contribution in [-0.2, 0) is 38.0 Å². The number of nitrogens with one attached hydrogen (secondary N) is 1. The van der Waals surface area contributed by atoms with Gasteiger partial charge >= 0.3 is 6.03 Å². The number of aryl methyl sites for hydroxylation is 1. The molecule has 0 unspecified atom stereocenters. The van der Waals surface area contributed by atoms with Crippen LogP contribution in [0.25, 0.3) is 0 Å². The molecule has 7 heteroatoms. The Hall–Kier alpha value is -2.83. The highest BCUT2D eigenvalue weighted by atomic mass is 35.5. The first-order valence-corrected chi connectivity index (χ1v) is 9.95. The van der Waals surface area contributed by atoms with Crippen LogP contribution in [-0.4, -0.2) is 27.3 Å². The standard InChI is InChI=1S/C22H23ClN4O2/c1-26-21-11-12-27(22(28)24-19-10-6-5-9-18(19)23)13-17(21)20(25-26)15-29-14-16-7-3-2-4-8-16/h2-10H,11-15H2,1H3,(H,24,28). The minimum Gasteiger partial charge on any atom is -0.370 e. The Bertz CT molecular complexity index is 1000. The fraction of sp³-hybridized carbons (Fsp3) is 0.273. The summed E-state index contributed by atoms with van der Waals surface area (Å²) in [4.78, 5) is 14.5. The first-order valence-electron chi connectivity index (χ1n) is 9.57. The Kier molecular flexibility index (Phi) is 5.83. The van der Waals surface area contributed by atoms with Gasteiger partial charge in [0.1, 0.15) is 0 Å². The summed E-state index contributed by atoms with van der Waals surface area (Å²) >= 11 is 6.16. The van der Waals surface area contributed by atoms with Gasteiger partial charge in [-0.1, -0.05) is 54.1 Å². The van der Waals surface area contributed by atoms with Crippen LogP contribution in [0.15, 0.2) is 54.6 Å². The lowest BCUT2D eigenvalue weighted by atomic mass is 10.1. The number of amides is 2. The molecule has 0 spiro atoms. The number of aromatic nitrogens is 2. The second kappa shape index (κ2) is 8.68. The molecule has 0 fully saturated rings. The van der Waals surface area contributed by atoms with Crippen molar-refractivity contribution in [2.45, 2.75) is 26.2 Å². The van der Waals surface area contributed by atoms with Crippen molar-refractivity contribution in [1.29, 1.82) is 0 Å². The molecule has 1 aliphatic rings. The Morgan fingerprint density at radius 3 is 2.69 bits per heavy atom. The van der Waals surface area contributed by atoms with E-state index in [2.05, 4.69) is 10.4 Å². The number of halogens is 1. The molecule has 2 heterocycles. The molecule has 6 nitrogen and oxygen atoms in total. The monoisotopic (exact) mass is 410 g/mol. The fourth-order valence-electron chi connectivity index (χ4n) is 3.56. The number of urea groups is 1. The van der Waals surface area contributed by atoms with Gasteiger partial charge < -0.3 is 15.0 Å². The number of rotatable bonds is 5. The zero-order valence-electron chi connectivity index (χ0n) is 16.3. The zero-order valence-corrected chi connectivity index (χ0v) is 17.0. The van der Waals surface area contributed by atoms with Crippen LogP contribution in [0.5, 0.6) is 0 Å². The van der Waals surface area contributed by atoms with Crippen molar-refractivity contribution in [1.82, 2.24) is 14.7 Å². The SMILES string of the molecule is Cn1nc(COCc2ccccc2)c2c1CCN(C(=O)Nc1ccccc1Cl)C2. The third kappa shape index (κ3) is 4.44. The van der Waals surface area contributed by atoms with Crippen LogP contribution < -0.4 is 5.32 Å². The smallest absolute Gasteiger partial charge is 0.322 e. The highest BCUT2D eigenvalue weighted by Crippen LogP contribution is 2.25. The van der Waals surface area contributed by atoms with E-state index in [0.29, 0.717) is 37.0 Å². The van der Waals surface area contributed by atoms with E-state index in [1.807, 2.05) is 54.2 Å². The number of carbonyl (C=O) groups is 1. The molecule has 0 aliphatic carbocycles. The van der Waals surface area contributed by atoms with Gasteiger partial charge in [-0.05, 0) is 17.7 Å². The number of ether oxygens (including phenoxy) is 1. The Morgan fingerprint density at radius 1 is 1.14 bits per heavy atom. The second-order valence-corrected chi connectivity index (χ2v) is 7.46. The molecule has 29 heavy (non-hydrogen) atoms. The van der Waals surface area contributed by atoms with E-state index in [-0.39, 0.29) is 6.03 Å². The molecule has 3 aromatic rings. The summed E-state index contributed by atoms with van der Waals surface area (Å²) in [6, 6.07) is 17.1. The van der Waals surface area contributed by atoms with Gasteiger partial charge in [0.15, 0.2) is 0 Å². The molecule has 1 aromatic heterocycles. The Balaban J connectivity index is 1.42. The van der Waals surface area contributed by atoms with Crippen molar-refractivity contribution in [3.05, 3.63) is 82.1 Å². The lowest BCUT2D eigenvalue weighted by Gasteiger charge is -2.28. The molecule has 4 rings (SSSR count). The topological polar surface area (TPSA) is 59.4 Å². The van der Waals surface area contributed by atoms with Crippen molar-refractivity contribution in [3.8, 4) is 0 Å². The lowest BCUT2D eigenvalue weighted by Crippen LogP contribution is -2.39. The largest absolute Gasteiger partial charge is 0.370 e. The molecule has 0 saturated heterocycles. The van der Waals surface area contributed by atoms with Crippen molar-refractivity contribution >= 4 is 23.3 Å².